The van der Waals surface area contributed by atoms with E-state index in [1.54, 1.807) is 43.4 Å². The zero-order valence-electron chi connectivity index (χ0n) is 16.4. The molecule has 1 radical (unpaired) electrons. The smallest absolute Gasteiger partial charge is 0.202 e. The standard InChI is InChI=1S/C20H22ClN5O3.Y/c1-24-16-8-14(7-15(21)9-16)18(28)20(29)26(2)11-17(27)25-10-12-3-5-13(6-4-12)19(22)23;/h3-9,11,18,24,28H,2,10H2,1H3,(H3,22,23)(H,25,27);/q-2;. The van der Waals surface area contributed by atoms with E-state index in [2.05, 4.69) is 17.7 Å². The van der Waals surface area contributed by atoms with Gasteiger partial charge in [-0.1, -0.05) is 35.9 Å². The van der Waals surface area contributed by atoms with E-state index in [0.717, 1.165) is 17.0 Å². The predicted molar refractivity (Wildman–Crippen MR) is 112 cm³/mol. The van der Waals surface area contributed by atoms with Gasteiger partial charge in [-0.2, -0.15) is 0 Å². The van der Waals surface area contributed by atoms with Crippen LogP contribution in [0.25, 0.3) is 0 Å². The van der Waals surface area contributed by atoms with E-state index >= 15 is 0 Å². The topological polar surface area (TPSA) is 132 Å². The molecule has 1 unspecified atom stereocenters. The average Bonchev–Trinajstić information content (AvgIpc) is 2.70. The van der Waals surface area contributed by atoms with Crippen LogP contribution >= 0.6 is 11.6 Å². The summed E-state index contributed by atoms with van der Waals surface area (Å²) in [4.78, 5) is 25.2. The first-order valence-corrected chi connectivity index (χ1v) is 8.95. The number of halogens is 1. The Balaban J connectivity index is 0.00000450. The number of carbonyl (C=O) groups excluding carboxylic acids is 2. The van der Waals surface area contributed by atoms with Gasteiger partial charge in [-0.05, 0) is 29.3 Å². The molecule has 1 atom stereocenters. The monoisotopic (exact) mass is 504 g/mol. The van der Waals surface area contributed by atoms with Crippen LogP contribution in [-0.4, -0.2) is 34.7 Å². The molecule has 2 rings (SSSR count). The summed E-state index contributed by atoms with van der Waals surface area (Å²) >= 11 is 5.99. The molecule has 0 fully saturated rings. The molecular formula is C20H22ClN5O3Y-2. The fraction of sp³-hybridized carbons (Fsp3) is 0.150. The van der Waals surface area contributed by atoms with Crippen LogP contribution in [0.15, 0.2) is 42.5 Å². The maximum Gasteiger partial charge on any atom is 0.202 e. The van der Waals surface area contributed by atoms with Crippen LogP contribution in [0.4, 0.5) is 5.69 Å². The van der Waals surface area contributed by atoms with E-state index in [1.807, 2.05) is 0 Å². The minimum Gasteiger partial charge on any atom is -0.615 e. The number of aliphatic hydroxyl groups is 1. The minimum absolute atomic E-state index is 0. The van der Waals surface area contributed by atoms with Crippen molar-refractivity contribution in [3.05, 3.63) is 77.8 Å². The number of carbonyl (C=O) groups is 2. The summed E-state index contributed by atoms with van der Waals surface area (Å²) in [5.74, 6) is -1.38. The molecule has 157 valence electrons. The first kappa shape index (κ1) is 25.9. The zero-order chi connectivity index (χ0) is 21.6. The predicted octanol–water partition coefficient (Wildman–Crippen LogP) is 1.80. The van der Waals surface area contributed by atoms with Gasteiger partial charge in [0.2, 0.25) is 5.91 Å². The Morgan fingerprint density at radius 1 is 1.30 bits per heavy atom. The number of nitrogens with zero attached hydrogens (tertiary/aromatic N) is 1. The number of nitrogens with two attached hydrogens (primary N) is 1. The normalized spacial score (nSPS) is 10.9. The minimum atomic E-state index is -1.53. The molecule has 2 amide bonds. The quantitative estimate of drug-likeness (QED) is 0.212. The van der Waals surface area contributed by atoms with E-state index in [-0.39, 0.29) is 50.7 Å². The average molecular weight is 505 g/mol. The number of hydrogen-bond acceptors (Lipinski definition) is 5. The molecule has 6 N–H and O–H groups in total. The molecular weight excluding hydrogens is 483 g/mol. The Labute approximate surface area is 205 Å². The van der Waals surface area contributed by atoms with E-state index in [9.17, 15) is 14.7 Å². The molecule has 8 nitrogen and oxygen atoms in total. The fourth-order valence-corrected chi connectivity index (χ4v) is 2.70. The summed E-state index contributed by atoms with van der Waals surface area (Å²) in [6.45, 7) is 1.16. The zero-order valence-corrected chi connectivity index (χ0v) is 19.9. The number of aliphatic hydroxyl groups excluding tert-OH is 1. The van der Waals surface area contributed by atoms with Gasteiger partial charge in [0.05, 0.1) is 5.91 Å². The van der Waals surface area contributed by atoms with Gasteiger partial charge in [-0.25, -0.2) is 0 Å². The van der Waals surface area contributed by atoms with Crippen molar-refractivity contribution in [3.8, 4) is 0 Å². The molecule has 0 bridgehead atoms. The molecule has 2 aromatic rings. The Bertz CT molecular complexity index is 908. The van der Waals surface area contributed by atoms with Gasteiger partial charge in [0.15, 0.2) is 6.10 Å². The van der Waals surface area contributed by atoms with Crippen LogP contribution in [0.5, 0.6) is 0 Å². The maximum atomic E-state index is 12.4. The van der Waals surface area contributed by atoms with Gasteiger partial charge >= 0.3 is 0 Å². The molecule has 0 saturated heterocycles. The summed E-state index contributed by atoms with van der Waals surface area (Å²) in [6, 6.07) is 11.5. The first-order valence-electron chi connectivity index (χ1n) is 8.57. The van der Waals surface area contributed by atoms with Gasteiger partial charge in [0.25, 0.3) is 0 Å². The second-order valence-electron chi connectivity index (χ2n) is 6.19. The van der Waals surface area contributed by atoms with Crippen molar-refractivity contribution in [3.63, 3.8) is 0 Å². The van der Waals surface area contributed by atoms with E-state index < -0.39 is 17.9 Å². The molecule has 0 aliphatic rings. The molecule has 0 aromatic heterocycles. The second-order valence-corrected chi connectivity index (χ2v) is 6.63. The number of amides is 2. The van der Waals surface area contributed by atoms with Gasteiger partial charge < -0.3 is 31.2 Å². The number of amidine groups is 1. The fourth-order valence-electron chi connectivity index (χ4n) is 2.46. The molecule has 30 heavy (non-hydrogen) atoms. The van der Waals surface area contributed by atoms with Crippen LogP contribution in [-0.2, 0) is 48.8 Å². The van der Waals surface area contributed by atoms with Gasteiger partial charge in [0.1, 0.15) is 5.84 Å². The number of nitrogen functional groups attached to an aromatic ring is 1. The van der Waals surface area contributed by atoms with Crippen molar-refractivity contribution in [2.75, 3.05) is 12.4 Å². The van der Waals surface area contributed by atoms with Gasteiger partial charge in [-0.3, -0.25) is 23.8 Å². The Morgan fingerprint density at radius 3 is 2.50 bits per heavy atom. The van der Waals surface area contributed by atoms with Crippen LogP contribution in [0.1, 0.15) is 22.8 Å². The van der Waals surface area contributed by atoms with E-state index in [1.165, 1.54) is 6.07 Å². The van der Waals surface area contributed by atoms with Gasteiger partial charge in [0, 0.05) is 62.6 Å². The van der Waals surface area contributed by atoms with Crippen molar-refractivity contribution in [2.45, 2.75) is 12.6 Å². The Hall–Kier alpha value is -2.13. The number of rotatable bonds is 8. The van der Waals surface area contributed by atoms with E-state index in [0.29, 0.717) is 16.3 Å². The maximum absolute atomic E-state index is 12.4. The summed E-state index contributed by atoms with van der Waals surface area (Å²) in [5.41, 5.74) is 7.67. The van der Waals surface area contributed by atoms with Crippen molar-refractivity contribution in [1.82, 2.24) is 10.2 Å². The van der Waals surface area contributed by atoms with Crippen molar-refractivity contribution in [1.29, 1.82) is 5.41 Å². The molecule has 0 heterocycles. The Kier molecular flexibility index (Phi) is 10.3. The summed E-state index contributed by atoms with van der Waals surface area (Å²) in [6.07, 6.45) is -1.53. The van der Waals surface area contributed by atoms with Gasteiger partial charge in [-0.15, -0.1) is 0 Å². The SMILES string of the molecule is [CH2-]N([CH-]C(=O)NCc1ccc(C(=N)N)cc1)C(=O)C(O)c1cc(Cl)cc(NC)c1.[Y]. The largest absolute Gasteiger partial charge is 0.615 e. The summed E-state index contributed by atoms with van der Waals surface area (Å²) in [5, 5.41) is 23.5. The third kappa shape index (κ3) is 7.29. The first-order chi connectivity index (χ1) is 13.7. The van der Waals surface area contributed by atoms with E-state index in [4.69, 9.17) is 22.7 Å². The molecule has 0 saturated carbocycles. The van der Waals surface area contributed by atoms with Crippen molar-refractivity contribution < 1.29 is 47.4 Å². The Morgan fingerprint density at radius 2 is 1.93 bits per heavy atom. The van der Waals surface area contributed by atoms with Crippen LogP contribution in [0, 0.1) is 19.0 Å². The number of anilines is 1. The number of nitrogens with one attached hydrogen (secondary N) is 3. The van der Waals surface area contributed by atoms with Crippen molar-refractivity contribution in [2.24, 2.45) is 5.73 Å². The summed E-state index contributed by atoms with van der Waals surface area (Å²) < 4.78 is 0. The van der Waals surface area contributed by atoms with Crippen molar-refractivity contribution >= 4 is 34.9 Å². The number of hydrogen-bond donors (Lipinski definition) is 5. The molecule has 0 aliphatic carbocycles. The molecule has 2 aromatic carbocycles. The third-order valence-electron chi connectivity index (χ3n) is 4.05. The van der Waals surface area contributed by atoms with Crippen LogP contribution in [0.2, 0.25) is 5.02 Å². The number of benzene rings is 2. The summed E-state index contributed by atoms with van der Waals surface area (Å²) in [7, 11) is 5.18. The van der Waals surface area contributed by atoms with Crippen LogP contribution < -0.4 is 16.4 Å². The second kappa shape index (κ2) is 11.9. The van der Waals surface area contributed by atoms with Crippen LogP contribution in [0.3, 0.4) is 0 Å². The molecule has 0 aliphatic heterocycles. The molecule has 10 heteroatoms. The third-order valence-corrected chi connectivity index (χ3v) is 4.26. The molecule has 0 spiro atoms.